The summed E-state index contributed by atoms with van der Waals surface area (Å²) in [5.74, 6) is 2.08. The first kappa shape index (κ1) is 9.45. The molecule has 0 bridgehead atoms. The van der Waals surface area contributed by atoms with Crippen LogP contribution < -0.4 is 5.73 Å². The van der Waals surface area contributed by atoms with Crippen LogP contribution in [-0.2, 0) is 0 Å². The molecule has 0 aromatic heterocycles. The van der Waals surface area contributed by atoms with Gasteiger partial charge in [0.15, 0.2) is 6.17 Å². The quantitative estimate of drug-likeness (QED) is 0.590. The Morgan fingerprint density at radius 1 is 1.60 bits per heavy atom. The Bertz CT molecular complexity index is 126. The Hall–Kier alpha value is -0.550. The third-order valence-corrected chi connectivity index (χ3v) is 1.66. The third-order valence-electron chi connectivity index (χ3n) is 1.66. The molecule has 0 amide bonds. The zero-order valence-corrected chi connectivity index (χ0v) is 6.47. The van der Waals surface area contributed by atoms with Gasteiger partial charge in [-0.05, 0) is 12.5 Å². The highest BCUT2D eigenvalue weighted by Gasteiger charge is 2.20. The van der Waals surface area contributed by atoms with Gasteiger partial charge in [-0.2, -0.15) is 0 Å². The lowest BCUT2D eigenvalue weighted by molar-refractivity contribution is 0.238. The summed E-state index contributed by atoms with van der Waals surface area (Å²) in [6, 6.07) is 0. The average Bonchev–Trinajstić information content (AvgIpc) is 1.88. The Balaban J connectivity index is 3.96. The summed E-state index contributed by atoms with van der Waals surface area (Å²) >= 11 is 0. The number of nitrogens with two attached hydrogens (primary N) is 1. The van der Waals surface area contributed by atoms with Crippen molar-refractivity contribution in [3.63, 3.8) is 0 Å². The summed E-state index contributed by atoms with van der Waals surface area (Å²) in [6.07, 6.45) is 3.72. The maximum atomic E-state index is 12.7. The minimum absolute atomic E-state index is 0.190. The van der Waals surface area contributed by atoms with Crippen LogP contribution in [0.15, 0.2) is 0 Å². The number of hydrogen-bond acceptors (Lipinski definition) is 1. The first-order chi connectivity index (χ1) is 4.63. The molecule has 0 aliphatic carbocycles. The van der Waals surface area contributed by atoms with Gasteiger partial charge in [-0.3, -0.25) is 0 Å². The van der Waals surface area contributed by atoms with Crippen molar-refractivity contribution in [2.24, 2.45) is 17.6 Å². The van der Waals surface area contributed by atoms with Gasteiger partial charge in [0.05, 0.1) is 0 Å². The van der Waals surface area contributed by atoms with Crippen LogP contribution >= 0.6 is 0 Å². The van der Waals surface area contributed by atoms with Gasteiger partial charge in [-0.25, -0.2) is 4.39 Å². The lowest BCUT2D eigenvalue weighted by Crippen LogP contribution is -2.28. The Morgan fingerprint density at radius 3 is 2.20 bits per heavy atom. The van der Waals surface area contributed by atoms with Gasteiger partial charge in [0.1, 0.15) is 0 Å². The van der Waals surface area contributed by atoms with Gasteiger partial charge in [0, 0.05) is 5.92 Å². The van der Waals surface area contributed by atoms with Gasteiger partial charge in [0.2, 0.25) is 0 Å². The molecule has 1 nitrogen and oxygen atoms in total. The van der Waals surface area contributed by atoms with E-state index in [1.165, 1.54) is 0 Å². The number of hydrogen-bond donors (Lipinski definition) is 1. The first-order valence-corrected chi connectivity index (χ1v) is 3.43. The van der Waals surface area contributed by atoms with E-state index in [4.69, 9.17) is 12.2 Å². The van der Waals surface area contributed by atoms with Crippen LogP contribution in [0.25, 0.3) is 0 Å². The molecule has 0 spiro atoms. The summed E-state index contributed by atoms with van der Waals surface area (Å²) in [5, 5.41) is 0. The zero-order valence-electron chi connectivity index (χ0n) is 6.47. The molecule has 0 radical (unpaired) electrons. The average molecular weight is 143 g/mol. The molecule has 0 saturated carbocycles. The second-order valence-corrected chi connectivity index (χ2v) is 2.71. The molecule has 2 N–H and O–H groups in total. The molecule has 2 atom stereocenters. The maximum Gasteiger partial charge on any atom is 0.164 e. The van der Waals surface area contributed by atoms with E-state index < -0.39 is 6.17 Å². The van der Waals surface area contributed by atoms with Crippen LogP contribution in [0.1, 0.15) is 13.8 Å². The monoisotopic (exact) mass is 143 g/mol. The molecule has 2 heteroatoms. The smallest absolute Gasteiger partial charge is 0.164 e. The van der Waals surface area contributed by atoms with Crippen molar-refractivity contribution in [2.75, 3.05) is 6.54 Å². The van der Waals surface area contributed by atoms with Crippen LogP contribution in [0.4, 0.5) is 4.39 Å². The second-order valence-electron chi connectivity index (χ2n) is 2.71. The molecule has 2 unspecified atom stereocenters. The maximum absolute atomic E-state index is 12.7. The molecular formula is C8H14FN. The van der Waals surface area contributed by atoms with Gasteiger partial charge >= 0.3 is 0 Å². The molecule has 0 aromatic carbocycles. The fourth-order valence-corrected chi connectivity index (χ4v) is 0.853. The van der Waals surface area contributed by atoms with Crippen LogP contribution in [0.3, 0.4) is 0 Å². The van der Waals surface area contributed by atoms with Gasteiger partial charge < -0.3 is 5.73 Å². The van der Waals surface area contributed by atoms with E-state index in [0.717, 1.165) is 0 Å². The minimum Gasteiger partial charge on any atom is -0.330 e. The third kappa shape index (κ3) is 2.36. The molecule has 0 fully saturated rings. The molecule has 10 heavy (non-hydrogen) atoms. The predicted molar refractivity (Wildman–Crippen MR) is 41.1 cm³/mol. The van der Waals surface area contributed by atoms with Gasteiger partial charge in [-0.15, -0.1) is 6.42 Å². The highest BCUT2D eigenvalue weighted by atomic mass is 19.1. The SMILES string of the molecule is C#CC(F)C(CN)C(C)C. The van der Waals surface area contributed by atoms with E-state index in [-0.39, 0.29) is 11.8 Å². The predicted octanol–water partition coefficient (Wildman–Crippen LogP) is 1.19. The number of rotatable bonds is 3. The van der Waals surface area contributed by atoms with E-state index in [1.807, 2.05) is 13.8 Å². The molecule has 0 aliphatic heterocycles. The zero-order chi connectivity index (χ0) is 8.15. The molecule has 0 saturated heterocycles. The van der Waals surface area contributed by atoms with E-state index in [0.29, 0.717) is 6.54 Å². The number of terminal acetylenes is 1. The van der Waals surface area contributed by atoms with E-state index in [2.05, 4.69) is 5.92 Å². The van der Waals surface area contributed by atoms with Crippen molar-refractivity contribution < 1.29 is 4.39 Å². The highest BCUT2D eigenvalue weighted by molar-refractivity contribution is 4.98. The fourth-order valence-electron chi connectivity index (χ4n) is 0.853. The van der Waals surface area contributed by atoms with Crippen molar-refractivity contribution in [3.8, 4) is 12.3 Å². The standard InChI is InChI=1S/C8H14FN/c1-4-8(9)7(5-10)6(2)3/h1,6-8H,5,10H2,2-3H3. The summed E-state index contributed by atoms with van der Waals surface area (Å²) in [7, 11) is 0. The van der Waals surface area contributed by atoms with Gasteiger partial charge in [0.25, 0.3) is 0 Å². The Labute approximate surface area is 61.8 Å². The van der Waals surface area contributed by atoms with E-state index in [1.54, 1.807) is 0 Å². The number of alkyl halides is 1. The van der Waals surface area contributed by atoms with E-state index in [9.17, 15) is 4.39 Å². The molecule has 0 aromatic rings. The van der Waals surface area contributed by atoms with Crippen molar-refractivity contribution in [3.05, 3.63) is 0 Å². The lowest BCUT2D eigenvalue weighted by Gasteiger charge is -2.18. The highest BCUT2D eigenvalue weighted by Crippen LogP contribution is 2.15. The van der Waals surface area contributed by atoms with Crippen molar-refractivity contribution >= 4 is 0 Å². The van der Waals surface area contributed by atoms with Crippen LogP contribution in [-0.4, -0.2) is 12.7 Å². The Kier molecular flexibility index (Phi) is 4.06. The fraction of sp³-hybridized carbons (Fsp3) is 0.750. The molecular weight excluding hydrogens is 129 g/mol. The van der Waals surface area contributed by atoms with Gasteiger partial charge in [-0.1, -0.05) is 19.8 Å². The van der Waals surface area contributed by atoms with Crippen molar-refractivity contribution in [2.45, 2.75) is 20.0 Å². The van der Waals surface area contributed by atoms with Crippen molar-refractivity contribution in [1.82, 2.24) is 0 Å². The number of halogens is 1. The lowest BCUT2D eigenvalue weighted by atomic mass is 9.92. The summed E-state index contributed by atoms with van der Waals surface area (Å²) in [5.41, 5.74) is 5.31. The normalized spacial score (nSPS) is 16.4. The summed E-state index contributed by atoms with van der Waals surface area (Å²) in [4.78, 5) is 0. The summed E-state index contributed by atoms with van der Waals surface area (Å²) in [6.45, 7) is 4.16. The van der Waals surface area contributed by atoms with Crippen LogP contribution in [0.5, 0.6) is 0 Å². The molecule has 0 heterocycles. The van der Waals surface area contributed by atoms with Crippen molar-refractivity contribution in [1.29, 1.82) is 0 Å². The van der Waals surface area contributed by atoms with Crippen LogP contribution in [0, 0.1) is 24.2 Å². The topological polar surface area (TPSA) is 26.0 Å². The molecule has 0 rings (SSSR count). The minimum atomic E-state index is -1.19. The first-order valence-electron chi connectivity index (χ1n) is 3.43. The van der Waals surface area contributed by atoms with E-state index >= 15 is 0 Å². The molecule has 58 valence electrons. The largest absolute Gasteiger partial charge is 0.330 e. The summed E-state index contributed by atoms with van der Waals surface area (Å²) < 4.78 is 12.7. The van der Waals surface area contributed by atoms with Crippen LogP contribution in [0.2, 0.25) is 0 Å². The Morgan fingerprint density at radius 2 is 2.10 bits per heavy atom. The molecule has 0 aliphatic rings. The second kappa shape index (κ2) is 4.29.